The van der Waals surface area contributed by atoms with Crippen molar-refractivity contribution in [1.29, 1.82) is 0 Å². The second-order valence-corrected chi connectivity index (χ2v) is 4.64. The summed E-state index contributed by atoms with van der Waals surface area (Å²) in [4.78, 5) is 4.13. The van der Waals surface area contributed by atoms with Crippen LogP contribution in [0.2, 0.25) is 10.2 Å². The fourth-order valence-electron chi connectivity index (χ4n) is 1.53. The molecule has 1 heterocycles. The summed E-state index contributed by atoms with van der Waals surface area (Å²) >= 11 is 11.8. The van der Waals surface area contributed by atoms with Crippen molar-refractivity contribution in [3.8, 4) is 5.75 Å². The maximum Gasteiger partial charge on any atom is 0.132 e. The van der Waals surface area contributed by atoms with Gasteiger partial charge in [0.25, 0.3) is 0 Å². The number of ether oxygens (including phenoxy) is 1. The quantitative estimate of drug-likeness (QED) is 0.768. The lowest BCUT2D eigenvalue weighted by Crippen LogP contribution is -1.99. The second kappa shape index (κ2) is 6.07. The first kappa shape index (κ1) is 13.2. The molecule has 0 aliphatic rings. The average Bonchev–Trinajstić information content (AvgIpc) is 2.40. The van der Waals surface area contributed by atoms with Crippen LogP contribution in [0.1, 0.15) is 18.2 Å². The van der Waals surface area contributed by atoms with Crippen LogP contribution in [-0.4, -0.2) is 4.98 Å². The molecule has 0 unspecified atom stereocenters. The van der Waals surface area contributed by atoms with Gasteiger partial charge in [0.15, 0.2) is 0 Å². The molecule has 0 saturated carbocycles. The van der Waals surface area contributed by atoms with Gasteiger partial charge in [0.1, 0.15) is 17.5 Å². The highest BCUT2D eigenvalue weighted by Crippen LogP contribution is 2.19. The van der Waals surface area contributed by atoms with Crippen LogP contribution < -0.4 is 4.74 Å². The van der Waals surface area contributed by atoms with Crippen LogP contribution in [0.3, 0.4) is 0 Å². The zero-order chi connectivity index (χ0) is 13.0. The van der Waals surface area contributed by atoms with Gasteiger partial charge in [-0.2, -0.15) is 0 Å². The highest BCUT2D eigenvalue weighted by Gasteiger charge is 2.04. The van der Waals surface area contributed by atoms with E-state index in [0.717, 1.165) is 12.2 Å². The van der Waals surface area contributed by atoms with Gasteiger partial charge in [-0.15, -0.1) is 0 Å². The van der Waals surface area contributed by atoms with Crippen molar-refractivity contribution >= 4 is 23.2 Å². The van der Waals surface area contributed by atoms with Gasteiger partial charge in [-0.3, -0.25) is 0 Å². The SMILES string of the molecule is CCc1ccc(OCc2nc(Cl)ccc2Cl)cc1. The third kappa shape index (κ3) is 3.37. The topological polar surface area (TPSA) is 22.1 Å². The Morgan fingerprint density at radius 1 is 1.06 bits per heavy atom. The minimum atomic E-state index is 0.310. The largest absolute Gasteiger partial charge is 0.487 e. The van der Waals surface area contributed by atoms with E-state index in [1.807, 2.05) is 24.3 Å². The number of benzene rings is 1. The summed E-state index contributed by atoms with van der Waals surface area (Å²) in [7, 11) is 0. The molecule has 0 spiro atoms. The van der Waals surface area contributed by atoms with E-state index >= 15 is 0 Å². The molecule has 2 nitrogen and oxygen atoms in total. The fourth-order valence-corrected chi connectivity index (χ4v) is 1.86. The number of hydrogen-bond donors (Lipinski definition) is 0. The molecule has 2 rings (SSSR count). The maximum absolute atomic E-state index is 6.01. The van der Waals surface area contributed by atoms with Gasteiger partial charge in [-0.05, 0) is 36.2 Å². The van der Waals surface area contributed by atoms with Gasteiger partial charge >= 0.3 is 0 Å². The summed E-state index contributed by atoms with van der Waals surface area (Å²) < 4.78 is 5.62. The van der Waals surface area contributed by atoms with Crippen molar-refractivity contribution in [2.75, 3.05) is 0 Å². The Bertz CT molecular complexity index is 526. The van der Waals surface area contributed by atoms with Crippen LogP contribution in [0.4, 0.5) is 0 Å². The predicted molar refractivity (Wildman–Crippen MR) is 74.4 cm³/mol. The number of halogens is 2. The standard InChI is InChI=1S/C14H13Cl2NO/c1-2-10-3-5-11(6-4-10)18-9-13-12(15)7-8-14(16)17-13/h3-8H,2,9H2,1H3. The van der Waals surface area contributed by atoms with E-state index in [9.17, 15) is 0 Å². The molecule has 0 atom stereocenters. The maximum atomic E-state index is 6.01. The Labute approximate surface area is 117 Å². The Hall–Kier alpha value is -1.25. The molecule has 0 fully saturated rings. The van der Waals surface area contributed by atoms with E-state index in [4.69, 9.17) is 27.9 Å². The van der Waals surface area contributed by atoms with E-state index < -0.39 is 0 Å². The lowest BCUT2D eigenvalue weighted by atomic mass is 10.2. The Morgan fingerprint density at radius 3 is 2.44 bits per heavy atom. The molecule has 0 amide bonds. The van der Waals surface area contributed by atoms with Crippen LogP contribution in [0.5, 0.6) is 5.75 Å². The van der Waals surface area contributed by atoms with Gasteiger partial charge in [0.2, 0.25) is 0 Å². The van der Waals surface area contributed by atoms with Crippen molar-refractivity contribution in [1.82, 2.24) is 4.98 Å². The zero-order valence-corrected chi connectivity index (χ0v) is 11.5. The van der Waals surface area contributed by atoms with Crippen LogP contribution >= 0.6 is 23.2 Å². The number of aryl methyl sites for hydroxylation is 1. The summed E-state index contributed by atoms with van der Waals surface area (Å²) in [6.45, 7) is 2.43. The van der Waals surface area contributed by atoms with Gasteiger partial charge in [0, 0.05) is 0 Å². The van der Waals surface area contributed by atoms with E-state index in [0.29, 0.717) is 22.5 Å². The van der Waals surface area contributed by atoms with Crippen LogP contribution in [0, 0.1) is 0 Å². The number of rotatable bonds is 4. The molecule has 0 radical (unpaired) electrons. The molecule has 0 saturated heterocycles. The van der Waals surface area contributed by atoms with Gasteiger partial charge in [0.05, 0.1) is 10.7 Å². The van der Waals surface area contributed by atoms with Crippen molar-refractivity contribution in [3.05, 3.63) is 57.8 Å². The van der Waals surface area contributed by atoms with E-state index in [2.05, 4.69) is 11.9 Å². The molecular weight excluding hydrogens is 269 g/mol. The lowest BCUT2D eigenvalue weighted by molar-refractivity contribution is 0.301. The molecule has 94 valence electrons. The third-order valence-electron chi connectivity index (χ3n) is 2.59. The van der Waals surface area contributed by atoms with Gasteiger partial charge in [-0.25, -0.2) is 4.98 Å². The van der Waals surface area contributed by atoms with Crippen molar-refractivity contribution in [3.63, 3.8) is 0 Å². The number of hydrogen-bond acceptors (Lipinski definition) is 2. The Kier molecular flexibility index (Phi) is 4.45. The van der Waals surface area contributed by atoms with Crippen molar-refractivity contribution in [2.24, 2.45) is 0 Å². The highest BCUT2D eigenvalue weighted by molar-refractivity contribution is 6.32. The number of pyridine rings is 1. The summed E-state index contributed by atoms with van der Waals surface area (Å²) in [6.07, 6.45) is 1.02. The van der Waals surface area contributed by atoms with Crippen LogP contribution in [-0.2, 0) is 13.0 Å². The van der Waals surface area contributed by atoms with Crippen molar-refractivity contribution in [2.45, 2.75) is 20.0 Å². The first-order chi connectivity index (χ1) is 8.69. The third-order valence-corrected chi connectivity index (χ3v) is 3.15. The summed E-state index contributed by atoms with van der Waals surface area (Å²) in [6, 6.07) is 11.3. The molecule has 18 heavy (non-hydrogen) atoms. The summed E-state index contributed by atoms with van der Waals surface area (Å²) in [5.74, 6) is 0.796. The Morgan fingerprint density at radius 2 is 1.78 bits per heavy atom. The molecular formula is C14H13Cl2NO. The first-order valence-corrected chi connectivity index (χ1v) is 6.47. The average molecular weight is 282 g/mol. The molecule has 1 aromatic heterocycles. The van der Waals surface area contributed by atoms with Gasteiger partial charge < -0.3 is 4.74 Å². The van der Waals surface area contributed by atoms with Crippen molar-refractivity contribution < 1.29 is 4.74 Å². The highest BCUT2D eigenvalue weighted by atomic mass is 35.5. The molecule has 2 aromatic rings. The smallest absolute Gasteiger partial charge is 0.132 e. The minimum Gasteiger partial charge on any atom is -0.487 e. The Balaban J connectivity index is 2.04. The molecule has 0 aliphatic carbocycles. The normalized spacial score (nSPS) is 10.4. The summed E-state index contributed by atoms with van der Waals surface area (Å²) in [5, 5.41) is 0.976. The molecule has 0 N–H and O–H groups in total. The second-order valence-electron chi connectivity index (χ2n) is 3.85. The number of nitrogens with zero attached hydrogens (tertiary/aromatic N) is 1. The zero-order valence-electron chi connectivity index (χ0n) is 9.99. The monoisotopic (exact) mass is 281 g/mol. The van der Waals surface area contributed by atoms with Gasteiger partial charge in [-0.1, -0.05) is 42.3 Å². The molecule has 1 aromatic carbocycles. The van der Waals surface area contributed by atoms with E-state index in [-0.39, 0.29) is 0 Å². The number of aromatic nitrogens is 1. The first-order valence-electron chi connectivity index (χ1n) is 5.71. The van der Waals surface area contributed by atoms with Crippen LogP contribution in [0.15, 0.2) is 36.4 Å². The predicted octanol–water partition coefficient (Wildman–Crippen LogP) is 4.53. The van der Waals surface area contributed by atoms with Crippen LogP contribution in [0.25, 0.3) is 0 Å². The molecule has 4 heteroatoms. The lowest BCUT2D eigenvalue weighted by Gasteiger charge is -2.08. The van der Waals surface area contributed by atoms with E-state index in [1.165, 1.54) is 5.56 Å². The molecule has 0 aliphatic heterocycles. The van der Waals surface area contributed by atoms with E-state index in [1.54, 1.807) is 12.1 Å². The fraction of sp³-hybridized carbons (Fsp3) is 0.214. The minimum absolute atomic E-state index is 0.310. The summed E-state index contributed by atoms with van der Waals surface area (Å²) in [5.41, 5.74) is 1.92. The molecule has 0 bridgehead atoms.